The van der Waals surface area contributed by atoms with Gasteiger partial charge in [0, 0.05) is 11.1 Å². The van der Waals surface area contributed by atoms with Crippen LogP contribution >= 0.6 is 0 Å². The topological polar surface area (TPSA) is 64.1 Å². The molecule has 0 radical (unpaired) electrons. The lowest BCUT2D eigenvalue weighted by Crippen LogP contribution is -2.29. The molecule has 0 spiro atoms. The van der Waals surface area contributed by atoms with Crippen molar-refractivity contribution in [1.82, 2.24) is 15.3 Å². The van der Waals surface area contributed by atoms with Gasteiger partial charge in [-0.3, -0.25) is 4.79 Å². The van der Waals surface area contributed by atoms with Crippen LogP contribution in [0.2, 0.25) is 0 Å². The van der Waals surface area contributed by atoms with Crippen molar-refractivity contribution in [3.8, 4) is 5.75 Å². The smallest absolute Gasteiger partial charge is 0.251 e. The molecule has 1 aliphatic heterocycles. The summed E-state index contributed by atoms with van der Waals surface area (Å²) in [5.41, 5.74) is 4.89. The van der Waals surface area contributed by atoms with Crippen LogP contribution in [0.25, 0.3) is 11.0 Å². The number of carbonyl (C=O) groups is 1. The highest BCUT2D eigenvalue weighted by Crippen LogP contribution is 2.31. The van der Waals surface area contributed by atoms with Crippen LogP contribution in [0.15, 0.2) is 42.5 Å². The number of nitrogens with zero attached hydrogens (tertiary/aromatic N) is 2. The Bertz CT molecular complexity index is 952. The van der Waals surface area contributed by atoms with Gasteiger partial charge in [-0.25, -0.2) is 9.97 Å². The first-order valence-corrected chi connectivity index (χ1v) is 7.89. The monoisotopic (exact) mass is 319 g/mol. The molecule has 0 fully saturated rings. The van der Waals surface area contributed by atoms with Crippen molar-refractivity contribution in [1.29, 1.82) is 0 Å². The molecule has 5 heteroatoms. The molecule has 0 aliphatic carbocycles. The zero-order valence-electron chi connectivity index (χ0n) is 13.5. The SMILES string of the molecule is Cc1nc2ccc(C(=O)NC3COc4ccccc43)cc2nc1C. The van der Waals surface area contributed by atoms with E-state index in [1.54, 1.807) is 12.1 Å². The van der Waals surface area contributed by atoms with Crippen molar-refractivity contribution in [2.75, 3.05) is 6.61 Å². The maximum absolute atomic E-state index is 12.6. The van der Waals surface area contributed by atoms with Gasteiger partial charge in [0.2, 0.25) is 0 Å². The first kappa shape index (κ1) is 14.6. The number of fused-ring (bicyclic) bond motifs is 2. The van der Waals surface area contributed by atoms with E-state index in [0.29, 0.717) is 12.2 Å². The molecular weight excluding hydrogens is 302 g/mol. The Labute approximate surface area is 139 Å². The van der Waals surface area contributed by atoms with E-state index >= 15 is 0 Å². The lowest BCUT2D eigenvalue weighted by molar-refractivity contribution is 0.0930. The Morgan fingerprint density at radius 2 is 1.83 bits per heavy atom. The molecule has 4 rings (SSSR count). The van der Waals surface area contributed by atoms with E-state index in [9.17, 15) is 4.79 Å². The molecule has 0 bridgehead atoms. The number of ether oxygens (including phenoxy) is 1. The van der Waals surface area contributed by atoms with Gasteiger partial charge < -0.3 is 10.1 Å². The number of para-hydroxylation sites is 1. The molecule has 0 saturated heterocycles. The van der Waals surface area contributed by atoms with Gasteiger partial charge in [0.15, 0.2) is 0 Å². The van der Waals surface area contributed by atoms with E-state index in [4.69, 9.17) is 4.74 Å². The summed E-state index contributed by atoms with van der Waals surface area (Å²) in [5, 5.41) is 3.03. The summed E-state index contributed by atoms with van der Waals surface area (Å²) < 4.78 is 5.61. The van der Waals surface area contributed by atoms with Gasteiger partial charge in [-0.1, -0.05) is 18.2 Å². The molecule has 1 aliphatic rings. The molecule has 0 saturated carbocycles. The summed E-state index contributed by atoms with van der Waals surface area (Å²) in [6, 6.07) is 13.0. The van der Waals surface area contributed by atoms with Gasteiger partial charge in [-0.15, -0.1) is 0 Å². The summed E-state index contributed by atoms with van der Waals surface area (Å²) in [4.78, 5) is 21.6. The zero-order valence-corrected chi connectivity index (χ0v) is 13.5. The molecule has 1 N–H and O–H groups in total. The Morgan fingerprint density at radius 3 is 2.67 bits per heavy atom. The number of carbonyl (C=O) groups excluding carboxylic acids is 1. The number of benzene rings is 2. The Balaban J connectivity index is 1.61. The van der Waals surface area contributed by atoms with E-state index in [2.05, 4.69) is 15.3 Å². The number of hydrogen-bond donors (Lipinski definition) is 1. The molecule has 5 nitrogen and oxygen atoms in total. The fourth-order valence-corrected chi connectivity index (χ4v) is 2.90. The van der Waals surface area contributed by atoms with Crippen LogP contribution in [0.1, 0.15) is 33.4 Å². The van der Waals surface area contributed by atoms with Gasteiger partial charge in [-0.2, -0.15) is 0 Å². The van der Waals surface area contributed by atoms with Crippen LogP contribution in [-0.2, 0) is 0 Å². The third-order valence-electron chi connectivity index (χ3n) is 4.34. The number of nitrogens with one attached hydrogen (secondary N) is 1. The lowest BCUT2D eigenvalue weighted by Gasteiger charge is -2.12. The lowest BCUT2D eigenvalue weighted by atomic mass is 10.1. The summed E-state index contributed by atoms with van der Waals surface area (Å²) in [6.07, 6.45) is 0. The van der Waals surface area contributed by atoms with Gasteiger partial charge in [0.05, 0.1) is 28.5 Å². The quantitative estimate of drug-likeness (QED) is 0.788. The van der Waals surface area contributed by atoms with E-state index in [-0.39, 0.29) is 11.9 Å². The predicted octanol–water partition coefficient (Wildman–Crippen LogP) is 3.11. The highest BCUT2D eigenvalue weighted by molar-refractivity contribution is 5.97. The Kier molecular flexibility index (Phi) is 3.41. The third-order valence-corrected chi connectivity index (χ3v) is 4.34. The molecule has 2 heterocycles. The van der Waals surface area contributed by atoms with E-state index in [1.165, 1.54) is 0 Å². The van der Waals surface area contributed by atoms with Crippen LogP contribution in [0.5, 0.6) is 5.75 Å². The average Bonchev–Trinajstić information content (AvgIpc) is 2.99. The number of rotatable bonds is 2. The first-order chi connectivity index (χ1) is 11.6. The standard InChI is InChI=1S/C19H17N3O2/c1-11-12(2)21-16-9-13(7-8-15(16)20-11)19(23)22-17-10-24-18-6-4-3-5-14(17)18/h3-9,17H,10H2,1-2H3,(H,22,23). The maximum atomic E-state index is 12.6. The summed E-state index contributed by atoms with van der Waals surface area (Å²) >= 11 is 0. The van der Waals surface area contributed by atoms with Crippen LogP contribution in [0.4, 0.5) is 0 Å². The molecule has 1 atom stereocenters. The van der Waals surface area contributed by atoms with Crippen LogP contribution < -0.4 is 10.1 Å². The van der Waals surface area contributed by atoms with Gasteiger partial charge in [0.1, 0.15) is 12.4 Å². The maximum Gasteiger partial charge on any atom is 0.251 e. The molecular formula is C19H17N3O2. The molecule has 120 valence electrons. The number of aryl methyl sites for hydroxylation is 2. The van der Waals surface area contributed by atoms with Crippen LogP contribution in [-0.4, -0.2) is 22.5 Å². The van der Waals surface area contributed by atoms with Crippen LogP contribution in [0.3, 0.4) is 0 Å². The third kappa shape index (κ3) is 2.48. The van der Waals surface area contributed by atoms with Gasteiger partial charge in [-0.05, 0) is 38.1 Å². The fraction of sp³-hybridized carbons (Fsp3) is 0.211. The normalized spacial score (nSPS) is 15.8. The molecule has 2 aromatic carbocycles. The van der Waals surface area contributed by atoms with Crippen molar-refractivity contribution in [3.63, 3.8) is 0 Å². The van der Waals surface area contributed by atoms with Crippen molar-refractivity contribution in [3.05, 3.63) is 65.0 Å². The summed E-state index contributed by atoms with van der Waals surface area (Å²) in [7, 11) is 0. The summed E-state index contributed by atoms with van der Waals surface area (Å²) in [5.74, 6) is 0.695. The second-order valence-electron chi connectivity index (χ2n) is 5.97. The zero-order chi connectivity index (χ0) is 16.7. The van der Waals surface area contributed by atoms with Crippen molar-refractivity contribution in [2.45, 2.75) is 19.9 Å². The first-order valence-electron chi connectivity index (χ1n) is 7.89. The molecule has 24 heavy (non-hydrogen) atoms. The Hall–Kier alpha value is -2.95. The highest BCUT2D eigenvalue weighted by Gasteiger charge is 2.25. The van der Waals surface area contributed by atoms with Gasteiger partial charge >= 0.3 is 0 Å². The highest BCUT2D eigenvalue weighted by atomic mass is 16.5. The van der Waals surface area contributed by atoms with E-state index in [0.717, 1.165) is 33.7 Å². The largest absolute Gasteiger partial charge is 0.491 e. The van der Waals surface area contributed by atoms with E-state index < -0.39 is 0 Å². The minimum absolute atomic E-state index is 0.129. The van der Waals surface area contributed by atoms with E-state index in [1.807, 2.05) is 44.2 Å². The second-order valence-corrected chi connectivity index (χ2v) is 5.97. The van der Waals surface area contributed by atoms with Crippen molar-refractivity contribution < 1.29 is 9.53 Å². The fourth-order valence-electron chi connectivity index (χ4n) is 2.90. The minimum Gasteiger partial charge on any atom is -0.491 e. The van der Waals surface area contributed by atoms with Crippen molar-refractivity contribution >= 4 is 16.9 Å². The average molecular weight is 319 g/mol. The van der Waals surface area contributed by atoms with Crippen molar-refractivity contribution in [2.24, 2.45) is 0 Å². The molecule has 3 aromatic rings. The minimum atomic E-state index is -0.137. The number of hydrogen-bond acceptors (Lipinski definition) is 4. The number of aromatic nitrogens is 2. The predicted molar refractivity (Wildman–Crippen MR) is 91.2 cm³/mol. The van der Waals surface area contributed by atoms with Gasteiger partial charge in [0.25, 0.3) is 5.91 Å². The number of amides is 1. The molecule has 1 aromatic heterocycles. The summed E-state index contributed by atoms with van der Waals surface area (Å²) in [6.45, 7) is 4.30. The Morgan fingerprint density at radius 1 is 1.08 bits per heavy atom. The molecule has 1 amide bonds. The van der Waals surface area contributed by atoms with Crippen LogP contribution in [0, 0.1) is 13.8 Å². The molecule has 1 unspecified atom stereocenters. The second kappa shape index (κ2) is 5.60.